The Kier molecular flexibility index (Phi) is 5.23. The molecule has 0 aliphatic carbocycles. The summed E-state index contributed by atoms with van der Waals surface area (Å²) in [6.45, 7) is 0.921. The first-order valence-electron chi connectivity index (χ1n) is 8.07. The third kappa shape index (κ3) is 3.83. The van der Waals surface area contributed by atoms with Gasteiger partial charge in [0.05, 0.1) is 11.1 Å². The van der Waals surface area contributed by atoms with Crippen LogP contribution in [0, 0.1) is 0 Å². The Bertz CT molecular complexity index is 891. The van der Waals surface area contributed by atoms with Gasteiger partial charge in [0.25, 0.3) is 17.7 Å². The molecule has 1 N–H and O–H groups in total. The molecule has 0 aromatic heterocycles. The second-order valence-corrected chi connectivity index (χ2v) is 6.31. The molecule has 0 unspecified atom stereocenters. The summed E-state index contributed by atoms with van der Waals surface area (Å²) in [7, 11) is 0. The lowest BCUT2D eigenvalue weighted by Crippen LogP contribution is -2.42. The number of carbonyl (C=O) groups is 4. The number of imide groups is 1. The Morgan fingerprint density at radius 2 is 1.59 bits per heavy atom. The Hall–Kier alpha value is -3.19. The molecule has 0 radical (unpaired) electrons. The number of hydrogen-bond acceptors (Lipinski definition) is 5. The Balaban J connectivity index is 1.56. The standard InChI is InChI=1S/C19H15ClN2O5/c1-11(21-16(23)12-6-8-13(20)9-7-12)19(26)27-10-22-17(24)14-4-2-3-5-15(14)18(22)25/h2-9,11H,10H2,1H3,(H,21,23)/t11-/m0/s1. The van der Waals surface area contributed by atoms with E-state index in [9.17, 15) is 19.2 Å². The molecule has 0 spiro atoms. The molecule has 1 aliphatic heterocycles. The molecular formula is C19H15ClN2O5. The Morgan fingerprint density at radius 1 is 1.04 bits per heavy atom. The van der Waals surface area contributed by atoms with Crippen molar-refractivity contribution in [2.24, 2.45) is 0 Å². The van der Waals surface area contributed by atoms with Crippen molar-refractivity contribution in [2.45, 2.75) is 13.0 Å². The maximum Gasteiger partial charge on any atom is 0.330 e. The molecule has 1 aliphatic rings. The number of ether oxygens (including phenoxy) is 1. The lowest BCUT2D eigenvalue weighted by atomic mass is 10.1. The van der Waals surface area contributed by atoms with Gasteiger partial charge < -0.3 is 10.1 Å². The van der Waals surface area contributed by atoms with E-state index in [1.54, 1.807) is 24.3 Å². The lowest BCUT2D eigenvalue weighted by Gasteiger charge is -2.17. The van der Waals surface area contributed by atoms with Crippen LogP contribution in [0.3, 0.4) is 0 Å². The minimum atomic E-state index is -0.969. The van der Waals surface area contributed by atoms with Crippen LogP contribution in [0.5, 0.6) is 0 Å². The van der Waals surface area contributed by atoms with E-state index in [1.807, 2.05) is 0 Å². The van der Waals surface area contributed by atoms with E-state index < -0.39 is 36.5 Å². The highest BCUT2D eigenvalue weighted by Crippen LogP contribution is 2.22. The van der Waals surface area contributed by atoms with E-state index in [-0.39, 0.29) is 11.1 Å². The fourth-order valence-corrected chi connectivity index (χ4v) is 2.68. The smallest absolute Gasteiger partial charge is 0.330 e. The van der Waals surface area contributed by atoms with Gasteiger partial charge in [0.15, 0.2) is 6.73 Å². The van der Waals surface area contributed by atoms with Crippen molar-refractivity contribution in [1.82, 2.24) is 10.2 Å². The zero-order valence-electron chi connectivity index (χ0n) is 14.3. The van der Waals surface area contributed by atoms with Gasteiger partial charge in [0.1, 0.15) is 6.04 Å². The third-order valence-corrected chi connectivity index (χ3v) is 4.27. The predicted molar refractivity (Wildman–Crippen MR) is 96.3 cm³/mol. The van der Waals surface area contributed by atoms with Crippen molar-refractivity contribution >= 4 is 35.3 Å². The van der Waals surface area contributed by atoms with Gasteiger partial charge in [0, 0.05) is 10.6 Å². The average Bonchev–Trinajstić information content (AvgIpc) is 2.91. The normalized spacial score (nSPS) is 13.9. The number of rotatable bonds is 5. The summed E-state index contributed by atoms with van der Waals surface area (Å²) in [6, 6.07) is 11.6. The van der Waals surface area contributed by atoms with Crippen LogP contribution >= 0.6 is 11.6 Å². The first-order valence-corrected chi connectivity index (χ1v) is 8.44. The molecule has 3 rings (SSSR count). The molecule has 2 aromatic carbocycles. The van der Waals surface area contributed by atoms with Crippen LogP contribution in [-0.4, -0.2) is 41.4 Å². The van der Waals surface area contributed by atoms with Crippen LogP contribution in [0.15, 0.2) is 48.5 Å². The van der Waals surface area contributed by atoms with Crippen molar-refractivity contribution in [3.8, 4) is 0 Å². The van der Waals surface area contributed by atoms with Gasteiger partial charge in [-0.25, -0.2) is 9.69 Å². The van der Waals surface area contributed by atoms with Crippen molar-refractivity contribution in [3.63, 3.8) is 0 Å². The van der Waals surface area contributed by atoms with Crippen molar-refractivity contribution < 1.29 is 23.9 Å². The van der Waals surface area contributed by atoms with Crippen LogP contribution in [0.1, 0.15) is 38.0 Å². The molecule has 138 valence electrons. The first-order chi connectivity index (χ1) is 12.9. The molecule has 0 fully saturated rings. The molecular weight excluding hydrogens is 372 g/mol. The first kappa shape index (κ1) is 18.6. The number of carbonyl (C=O) groups excluding carboxylic acids is 4. The van der Waals surface area contributed by atoms with Crippen molar-refractivity contribution in [3.05, 3.63) is 70.2 Å². The van der Waals surface area contributed by atoms with E-state index in [4.69, 9.17) is 16.3 Å². The monoisotopic (exact) mass is 386 g/mol. The third-order valence-electron chi connectivity index (χ3n) is 4.02. The van der Waals surface area contributed by atoms with E-state index >= 15 is 0 Å². The van der Waals surface area contributed by atoms with Gasteiger partial charge in [-0.05, 0) is 43.3 Å². The summed E-state index contributed by atoms with van der Waals surface area (Å²) < 4.78 is 5.03. The molecule has 0 saturated carbocycles. The van der Waals surface area contributed by atoms with Crippen LogP contribution in [0.25, 0.3) is 0 Å². The molecule has 1 atom stereocenters. The number of hydrogen-bond donors (Lipinski definition) is 1. The molecule has 3 amide bonds. The zero-order chi connectivity index (χ0) is 19.6. The zero-order valence-corrected chi connectivity index (χ0v) is 15.0. The number of esters is 1. The summed E-state index contributed by atoms with van der Waals surface area (Å²) in [6.07, 6.45) is 0. The quantitative estimate of drug-likeness (QED) is 0.628. The summed E-state index contributed by atoms with van der Waals surface area (Å²) >= 11 is 5.77. The second-order valence-electron chi connectivity index (χ2n) is 5.88. The van der Waals surface area contributed by atoms with E-state index in [0.717, 1.165) is 4.90 Å². The summed E-state index contributed by atoms with van der Waals surface area (Å²) in [4.78, 5) is 49.5. The SMILES string of the molecule is C[C@H](NC(=O)c1ccc(Cl)cc1)C(=O)OCN1C(=O)c2ccccc2C1=O. The van der Waals surface area contributed by atoms with E-state index in [2.05, 4.69) is 5.32 Å². The highest BCUT2D eigenvalue weighted by atomic mass is 35.5. The van der Waals surface area contributed by atoms with Crippen LogP contribution in [0.4, 0.5) is 0 Å². The number of amides is 3. The van der Waals surface area contributed by atoms with Crippen LogP contribution in [-0.2, 0) is 9.53 Å². The van der Waals surface area contributed by atoms with E-state index in [0.29, 0.717) is 10.6 Å². The van der Waals surface area contributed by atoms with Crippen LogP contribution in [0.2, 0.25) is 5.02 Å². The lowest BCUT2D eigenvalue weighted by molar-refractivity contribution is -0.148. The minimum Gasteiger partial charge on any atom is -0.442 e. The number of nitrogens with one attached hydrogen (secondary N) is 1. The van der Waals surface area contributed by atoms with Gasteiger partial charge in [-0.3, -0.25) is 14.4 Å². The average molecular weight is 387 g/mol. The van der Waals surface area contributed by atoms with Gasteiger partial charge >= 0.3 is 5.97 Å². The van der Waals surface area contributed by atoms with Crippen molar-refractivity contribution in [1.29, 1.82) is 0 Å². The molecule has 0 bridgehead atoms. The second kappa shape index (κ2) is 7.59. The number of benzene rings is 2. The Labute approximate surface area is 159 Å². The molecule has 0 saturated heterocycles. The highest BCUT2D eigenvalue weighted by Gasteiger charge is 2.36. The molecule has 2 aromatic rings. The molecule has 7 nitrogen and oxygen atoms in total. The highest BCUT2D eigenvalue weighted by molar-refractivity contribution is 6.30. The van der Waals surface area contributed by atoms with E-state index in [1.165, 1.54) is 31.2 Å². The topological polar surface area (TPSA) is 92.8 Å². The predicted octanol–water partition coefficient (Wildman–Crippen LogP) is 2.26. The minimum absolute atomic E-state index is 0.266. The molecule has 27 heavy (non-hydrogen) atoms. The summed E-state index contributed by atoms with van der Waals surface area (Å²) in [5, 5.41) is 2.97. The number of nitrogens with zero attached hydrogens (tertiary/aromatic N) is 1. The number of halogens is 1. The molecule has 1 heterocycles. The fourth-order valence-electron chi connectivity index (χ4n) is 2.55. The maximum atomic E-state index is 12.2. The van der Waals surface area contributed by atoms with Crippen LogP contribution < -0.4 is 5.32 Å². The summed E-state index contributed by atoms with van der Waals surface area (Å²) in [5.74, 6) is -2.30. The largest absolute Gasteiger partial charge is 0.442 e. The maximum absolute atomic E-state index is 12.2. The van der Waals surface area contributed by atoms with Crippen molar-refractivity contribution in [2.75, 3.05) is 6.73 Å². The van der Waals surface area contributed by atoms with Gasteiger partial charge in [-0.2, -0.15) is 0 Å². The fraction of sp³-hybridized carbons (Fsp3) is 0.158. The number of fused-ring (bicyclic) bond motifs is 1. The van der Waals surface area contributed by atoms with Gasteiger partial charge in [0.2, 0.25) is 0 Å². The van der Waals surface area contributed by atoms with Gasteiger partial charge in [-0.1, -0.05) is 23.7 Å². The van der Waals surface area contributed by atoms with Gasteiger partial charge in [-0.15, -0.1) is 0 Å². The molecule has 8 heteroatoms. The Morgan fingerprint density at radius 3 is 2.15 bits per heavy atom. The summed E-state index contributed by atoms with van der Waals surface area (Å²) in [5.41, 5.74) is 0.865.